The van der Waals surface area contributed by atoms with Crippen LogP contribution in [0.5, 0.6) is 5.75 Å². The molecule has 0 saturated heterocycles. The second-order valence-electron chi connectivity index (χ2n) is 4.18. The average Bonchev–Trinajstić information content (AvgIpc) is 2.53. The van der Waals surface area contributed by atoms with Crippen LogP contribution in [0, 0.1) is 0 Å². The van der Waals surface area contributed by atoms with Crippen LogP contribution in [0.3, 0.4) is 0 Å². The van der Waals surface area contributed by atoms with Gasteiger partial charge in [-0.15, -0.1) is 6.58 Å². The van der Waals surface area contributed by atoms with E-state index in [-0.39, 0.29) is 13.1 Å². The summed E-state index contributed by atoms with van der Waals surface area (Å²) in [6, 6.07) is 7.34. The summed E-state index contributed by atoms with van der Waals surface area (Å²) in [5.74, 6) is -0.756. The molecule has 1 atom stereocenters. The second kappa shape index (κ2) is 8.76. The average molecular weight is 292 g/mol. The number of amides is 2. The molecule has 0 spiro atoms. The van der Waals surface area contributed by atoms with Gasteiger partial charge in [0.1, 0.15) is 11.9 Å². The third kappa shape index (κ3) is 4.92. The van der Waals surface area contributed by atoms with Crippen molar-refractivity contribution in [3.05, 3.63) is 42.5 Å². The summed E-state index contributed by atoms with van der Waals surface area (Å²) in [6.07, 6.45) is 1.09. The maximum Gasteiger partial charge on any atom is 0.309 e. The minimum atomic E-state index is -0.714. The molecule has 0 aromatic heterocycles. The van der Waals surface area contributed by atoms with E-state index in [1.807, 2.05) is 18.2 Å². The van der Waals surface area contributed by atoms with Crippen molar-refractivity contribution in [3.8, 4) is 5.75 Å². The van der Waals surface area contributed by atoms with Gasteiger partial charge < -0.3 is 20.1 Å². The van der Waals surface area contributed by atoms with E-state index in [1.54, 1.807) is 13.2 Å². The molecule has 0 aliphatic carbocycles. The van der Waals surface area contributed by atoms with E-state index in [0.717, 1.165) is 5.56 Å². The summed E-state index contributed by atoms with van der Waals surface area (Å²) in [6.45, 7) is 3.86. The summed E-state index contributed by atoms with van der Waals surface area (Å²) in [5.41, 5.74) is 0.800. The van der Waals surface area contributed by atoms with Crippen LogP contribution in [0.4, 0.5) is 0 Å². The van der Waals surface area contributed by atoms with Gasteiger partial charge in [-0.2, -0.15) is 0 Å². The van der Waals surface area contributed by atoms with Crippen molar-refractivity contribution in [2.75, 3.05) is 27.3 Å². The summed E-state index contributed by atoms with van der Waals surface area (Å²) < 4.78 is 10.6. The topological polar surface area (TPSA) is 76.7 Å². The van der Waals surface area contributed by atoms with E-state index in [1.165, 1.54) is 13.2 Å². The smallest absolute Gasteiger partial charge is 0.309 e. The van der Waals surface area contributed by atoms with Crippen LogP contribution in [0.15, 0.2) is 36.9 Å². The minimum Gasteiger partial charge on any atom is -0.496 e. The Bertz CT molecular complexity index is 502. The number of rotatable bonds is 7. The molecule has 1 aromatic rings. The Balaban J connectivity index is 2.64. The number of carbonyl (C=O) groups is 2. The van der Waals surface area contributed by atoms with Crippen LogP contribution in [0.1, 0.15) is 11.7 Å². The van der Waals surface area contributed by atoms with Crippen molar-refractivity contribution in [1.82, 2.24) is 10.6 Å². The molecule has 6 nitrogen and oxygen atoms in total. The summed E-state index contributed by atoms with van der Waals surface area (Å²) in [7, 11) is 3.09. The highest BCUT2D eigenvalue weighted by Crippen LogP contribution is 2.26. The van der Waals surface area contributed by atoms with Crippen LogP contribution in [-0.2, 0) is 14.3 Å². The Hall–Kier alpha value is -2.34. The first-order valence-corrected chi connectivity index (χ1v) is 6.46. The van der Waals surface area contributed by atoms with Crippen LogP contribution in [-0.4, -0.2) is 39.1 Å². The highest BCUT2D eigenvalue weighted by molar-refractivity contribution is 6.35. The van der Waals surface area contributed by atoms with E-state index < -0.39 is 17.9 Å². The standard InChI is InChI=1S/C15H20N2O4/c1-4-9-16-14(18)15(19)17-10-13(21-3)11-7-5-6-8-12(11)20-2/h4-8,13H,1,9-10H2,2-3H3,(H,16,18)(H,17,19). The first kappa shape index (κ1) is 16.7. The van der Waals surface area contributed by atoms with Crippen molar-refractivity contribution >= 4 is 11.8 Å². The largest absolute Gasteiger partial charge is 0.496 e. The van der Waals surface area contributed by atoms with Crippen LogP contribution < -0.4 is 15.4 Å². The van der Waals surface area contributed by atoms with Gasteiger partial charge in [-0.3, -0.25) is 9.59 Å². The van der Waals surface area contributed by atoms with Gasteiger partial charge in [0, 0.05) is 25.8 Å². The molecule has 2 amide bonds. The number of carbonyl (C=O) groups excluding carboxylic acids is 2. The first-order chi connectivity index (χ1) is 10.1. The normalized spacial score (nSPS) is 11.3. The predicted octanol–water partition coefficient (Wildman–Crippen LogP) is 0.801. The molecule has 21 heavy (non-hydrogen) atoms. The van der Waals surface area contributed by atoms with Gasteiger partial charge in [-0.05, 0) is 6.07 Å². The van der Waals surface area contributed by atoms with E-state index in [9.17, 15) is 9.59 Å². The van der Waals surface area contributed by atoms with E-state index in [0.29, 0.717) is 5.75 Å². The Kier molecular flexibility index (Phi) is 6.97. The molecule has 1 rings (SSSR count). The SMILES string of the molecule is C=CCNC(=O)C(=O)NCC(OC)c1ccccc1OC. The molecule has 1 aromatic carbocycles. The van der Waals surface area contributed by atoms with Crippen LogP contribution in [0.25, 0.3) is 0 Å². The van der Waals surface area contributed by atoms with Gasteiger partial charge in [0.2, 0.25) is 0 Å². The van der Waals surface area contributed by atoms with Gasteiger partial charge >= 0.3 is 11.8 Å². The maximum atomic E-state index is 11.6. The molecule has 0 fully saturated rings. The quantitative estimate of drug-likeness (QED) is 0.576. The first-order valence-electron chi connectivity index (χ1n) is 6.46. The molecule has 0 heterocycles. The number of hydrogen-bond acceptors (Lipinski definition) is 4. The molecule has 0 radical (unpaired) electrons. The van der Waals surface area contributed by atoms with Crippen LogP contribution >= 0.6 is 0 Å². The minimum absolute atomic E-state index is 0.164. The van der Waals surface area contributed by atoms with Crippen LogP contribution in [0.2, 0.25) is 0 Å². The van der Waals surface area contributed by atoms with E-state index >= 15 is 0 Å². The van der Waals surface area contributed by atoms with Gasteiger partial charge in [-0.1, -0.05) is 24.3 Å². The fourth-order valence-corrected chi connectivity index (χ4v) is 1.76. The number of methoxy groups -OCH3 is 2. The number of benzene rings is 1. The van der Waals surface area contributed by atoms with E-state index in [4.69, 9.17) is 9.47 Å². The fraction of sp³-hybridized carbons (Fsp3) is 0.333. The molecule has 0 aliphatic rings. The van der Waals surface area contributed by atoms with E-state index in [2.05, 4.69) is 17.2 Å². The van der Waals surface area contributed by atoms with Gasteiger partial charge in [0.15, 0.2) is 0 Å². The zero-order chi connectivity index (χ0) is 15.7. The van der Waals surface area contributed by atoms with Crippen molar-refractivity contribution in [2.24, 2.45) is 0 Å². The Morgan fingerprint density at radius 3 is 2.52 bits per heavy atom. The Morgan fingerprint density at radius 1 is 1.24 bits per heavy atom. The molecule has 0 aliphatic heterocycles. The molecule has 6 heteroatoms. The second-order valence-corrected chi connectivity index (χ2v) is 4.18. The van der Waals surface area contributed by atoms with Crippen molar-refractivity contribution in [3.63, 3.8) is 0 Å². The predicted molar refractivity (Wildman–Crippen MR) is 79.0 cm³/mol. The number of ether oxygens (including phenoxy) is 2. The van der Waals surface area contributed by atoms with Gasteiger partial charge in [-0.25, -0.2) is 0 Å². The summed E-state index contributed by atoms with van der Waals surface area (Å²) in [5, 5.41) is 4.93. The van der Waals surface area contributed by atoms with Gasteiger partial charge in [0.05, 0.1) is 7.11 Å². The number of hydrogen-bond donors (Lipinski definition) is 2. The number of nitrogens with one attached hydrogen (secondary N) is 2. The monoisotopic (exact) mass is 292 g/mol. The van der Waals surface area contributed by atoms with Crippen molar-refractivity contribution < 1.29 is 19.1 Å². The summed E-state index contributed by atoms with van der Waals surface area (Å²) in [4.78, 5) is 23.0. The zero-order valence-electron chi connectivity index (χ0n) is 12.2. The third-order valence-corrected chi connectivity index (χ3v) is 2.83. The van der Waals surface area contributed by atoms with Crippen molar-refractivity contribution in [2.45, 2.75) is 6.10 Å². The highest BCUT2D eigenvalue weighted by Gasteiger charge is 2.18. The lowest BCUT2D eigenvalue weighted by molar-refractivity contribution is -0.139. The lowest BCUT2D eigenvalue weighted by Gasteiger charge is -2.18. The lowest BCUT2D eigenvalue weighted by Crippen LogP contribution is -2.41. The van der Waals surface area contributed by atoms with Gasteiger partial charge in [0.25, 0.3) is 0 Å². The molecular weight excluding hydrogens is 272 g/mol. The zero-order valence-corrected chi connectivity index (χ0v) is 12.2. The molecule has 114 valence electrons. The third-order valence-electron chi connectivity index (χ3n) is 2.83. The Labute approximate surface area is 124 Å². The molecule has 1 unspecified atom stereocenters. The highest BCUT2D eigenvalue weighted by atomic mass is 16.5. The molecule has 0 bridgehead atoms. The van der Waals surface area contributed by atoms with Crippen molar-refractivity contribution in [1.29, 1.82) is 0 Å². The molecular formula is C15H20N2O4. The molecule has 0 saturated carbocycles. The lowest BCUT2D eigenvalue weighted by atomic mass is 10.1. The summed E-state index contributed by atoms with van der Waals surface area (Å²) >= 11 is 0. The Morgan fingerprint density at radius 2 is 1.90 bits per heavy atom. The maximum absolute atomic E-state index is 11.6. The fourth-order valence-electron chi connectivity index (χ4n) is 1.76. The number of para-hydroxylation sites is 1. The molecule has 2 N–H and O–H groups in total.